The van der Waals surface area contributed by atoms with Gasteiger partial charge in [0.05, 0.1) is 12.7 Å². The third kappa shape index (κ3) is 1.82. The monoisotopic (exact) mass is 154 g/mol. The Morgan fingerprint density at radius 1 is 1.82 bits per heavy atom. The van der Waals surface area contributed by atoms with E-state index in [0.29, 0.717) is 6.42 Å². The van der Waals surface area contributed by atoms with Crippen LogP contribution in [0.1, 0.15) is 13.3 Å². The van der Waals surface area contributed by atoms with Crippen LogP contribution in [0, 0.1) is 5.92 Å². The number of hydrogen-bond acceptors (Lipinski definition) is 3. The van der Waals surface area contributed by atoms with Gasteiger partial charge in [0.15, 0.2) is 0 Å². The van der Waals surface area contributed by atoms with Gasteiger partial charge in [-0.15, -0.1) is 0 Å². The van der Waals surface area contributed by atoms with Gasteiger partial charge in [-0.1, -0.05) is 0 Å². The molecule has 0 saturated carbocycles. The summed E-state index contributed by atoms with van der Waals surface area (Å²) in [5.41, 5.74) is 0. The van der Waals surface area contributed by atoms with Gasteiger partial charge in [0.2, 0.25) is 0 Å². The Kier molecular flexibility index (Phi) is 2.68. The van der Waals surface area contributed by atoms with Crippen LogP contribution in [-0.4, -0.2) is 37.5 Å². The molecule has 11 heavy (non-hydrogen) atoms. The molecule has 3 atom stereocenters. The molecule has 0 spiro atoms. The van der Waals surface area contributed by atoms with Crippen molar-refractivity contribution < 1.29 is 14.6 Å². The number of carbonyl (C=O) groups excluding carboxylic acids is 1. The second-order valence-electron chi connectivity index (χ2n) is 2.85. The Labute approximate surface area is 67.1 Å². The van der Waals surface area contributed by atoms with Gasteiger partial charge in [-0.05, 0) is 13.3 Å². The van der Waals surface area contributed by atoms with E-state index in [1.165, 1.54) is 6.92 Å². The predicted octanol–water partition coefficient (Wildman–Crippen LogP) is -0.533. The van der Waals surface area contributed by atoms with Gasteiger partial charge in [-0.25, -0.2) is 0 Å². The molecule has 0 amide bonds. The van der Waals surface area contributed by atoms with Crippen molar-refractivity contribution in [3.63, 3.8) is 0 Å². The van der Waals surface area contributed by atoms with Crippen molar-refractivity contribution in [3.05, 3.63) is 0 Å². The minimum Gasteiger partial charge on any atom is -0.394 e. The average molecular weight is 154 g/mol. The summed E-state index contributed by atoms with van der Waals surface area (Å²) in [7, 11) is 5.44. The minimum absolute atomic E-state index is 0.0389. The molecule has 1 rings (SSSR count). The van der Waals surface area contributed by atoms with E-state index in [4.69, 9.17) is 17.7 Å². The van der Waals surface area contributed by atoms with Gasteiger partial charge >= 0.3 is 0 Å². The molecule has 1 saturated heterocycles. The lowest BCUT2D eigenvalue weighted by Crippen LogP contribution is -2.25. The minimum atomic E-state index is -0.388. The molecule has 0 aliphatic carbocycles. The van der Waals surface area contributed by atoms with Crippen molar-refractivity contribution >= 4 is 13.6 Å². The summed E-state index contributed by atoms with van der Waals surface area (Å²) in [5.74, 6) is -0.174. The Balaban J connectivity index is 2.57. The van der Waals surface area contributed by atoms with Crippen LogP contribution in [0.2, 0.25) is 0 Å². The lowest BCUT2D eigenvalue weighted by molar-refractivity contribution is -0.123. The maximum absolute atomic E-state index is 10.9. The zero-order valence-electron chi connectivity index (χ0n) is 6.49. The number of ketones is 1. The Morgan fingerprint density at radius 2 is 2.45 bits per heavy atom. The second kappa shape index (κ2) is 3.37. The molecule has 4 heteroatoms. The molecule has 3 unspecified atom stereocenters. The van der Waals surface area contributed by atoms with Gasteiger partial charge in [0, 0.05) is 11.9 Å². The van der Waals surface area contributed by atoms with E-state index in [9.17, 15) is 4.79 Å². The third-order valence-corrected chi connectivity index (χ3v) is 1.99. The molecule has 60 valence electrons. The summed E-state index contributed by atoms with van der Waals surface area (Å²) in [6.07, 6.45) is 0.142. The highest BCUT2D eigenvalue weighted by Gasteiger charge is 2.34. The van der Waals surface area contributed by atoms with Crippen LogP contribution >= 0.6 is 0 Å². The molecular weight excluding hydrogens is 143 g/mol. The van der Waals surface area contributed by atoms with Crippen LogP contribution in [0.25, 0.3) is 0 Å². The molecular formula is C7H11BO3. The van der Waals surface area contributed by atoms with Crippen molar-refractivity contribution in [2.75, 3.05) is 6.61 Å². The molecule has 0 aromatic rings. The fraction of sp³-hybridized carbons (Fsp3) is 0.857. The SMILES string of the molecule is [B]C1CC(C(C)=O)C(CO)O1. The standard InChI is InChI=1S/C7H11BO3/c1-4(10)5-2-7(8)11-6(5)3-9/h5-7,9H,2-3H2,1H3. The number of Topliss-reactive ketones (excluding diaryl/α,β-unsaturated/α-hetero) is 1. The molecule has 0 aromatic carbocycles. The van der Waals surface area contributed by atoms with E-state index in [0.717, 1.165) is 0 Å². The van der Waals surface area contributed by atoms with E-state index in [2.05, 4.69) is 0 Å². The number of aliphatic hydroxyl groups excluding tert-OH is 1. The largest absolute Gasteiger partial charge is 0.394 e. The summed E-state index contributed by atoms with van der Waals surface area (Å²) >= 11 is 0. The van der Waals surface area contributed by atoms with Crippen LogP contribution < -0.4 is 0 Å². The van der Waals surface area contributed by atoms with Crippen LogP contribution in [-0.2, 0) is 9.53 Å². The predicted molar refractivity (Wildman–Crippen MR) is 40.3 cm³/mol. The first kappa shape index (κ1) is 8.75. The van der Waals surface area contributed by atoms with Gasteiger partial charge in [0.25, 0.3) is 0 Å². The number of hydrogen-bond donors (Lipinski definition) is 1. The topological polar surface area (TPSA) is 46.5 Å². The number of ether oxygens (including phenoxy) is 1. The number of aliphatic hydroxyl groups is 1. The molecule has 1 aliphatic heterocycles. The van der Waals surface area contributed by atoms with Crippen molar-refractivity contribution in [1.82, 2.24) is 0 Å². The van der Waals surface area contributed by atoms with Gasteiger partial charge in [-0.3, -0.25) is 4.79 Å². The first-order valence-electron chi connectivity index (χ1n) is 3.67. The van der Waals surface area contributed by atoms with E-state index in [-0.39, 0.29) is 30.4 Å². The van der Waals surface area contributed by atoms with Gasteiger partial charge in [0.1, 0.15) is 13.6 Å². The maximum atomic E-state index is 10.9. The summed E-state index contributed by atoms with van der Waals surface area (Å²) in [5, 5.41) is 8.77. The summed E-state index contributed by atoms with van der Waals surface area (Å²) in [4.78, 5) is 10.9. The van der Waals surface area contributed by atoms with E-state index >= 15 is 0 Å². The molecule has 1 N–H and O–H groups in total. The molecule has 1 aliphatic rings. The summed E-state index contributed by atoms with van der Waals surface area (Å²) in [6, 6.07) is -0.388. The van der Waals surface area contributed by atoms with Crippen molar-refractivity contribution in [1.29, 1.82) is 0 Å². The number of rotatable bonds is 2. The normalized spacial score (nSPS) is 37.5. The van der Waals surface area contributed by atoms with E-state index in [1.807, 2.05) is 0 Å². The van der Waals surface area contributed by atoms with Gasteiger partial charge < -0.3 is 9.84 Å². The maximum Gasteiger partial charge on any atom is 0.135 e. The average Bonchev–Trinajstić information content (AvgIpc) is 2.30. The fourth-order valence-corrected chi connectivity index (χ4v) is 1.37. The third-order valence-electron chi connectivity index (χ3n) is 1.99. The summed E-state index contributed by atoms with van der Waals surface area (Å²) < 4.78 is 5.09. The highest BCUT2D eigenvalue weighted by Crippen LogP contribution is 2.25. The molecule has 1 heterocycles. The highest BCUT2D eigenvalue weighted by atomic mass is 16.5. The van der Waals surface area contributed by atoms with Crippen LogP contribution in [0.4, 0.5) is 0 Å². The molecule has 0 bridgehead atoms. The Morgan fingerprint density at radius 3 is 2.82 bits per heavy atom. The molecule has 3 nitrogen and oxygen atoms in total. The zero-order chi connectivity index (χ0) is 8.43. The Bertz CT molecular complexity index is 160. The number of carbonyl (C=O) groups is 1. The van der Waals surface area contributed by atoms with Crippen molar-refractivity contribution in [3.8, 4) is 0 Å². The Hall–Kier alpha value is -0.345. The molecule has 0 aromatic heterocycles. The quantitative estimate of drug-likeness (QED) is 0.543. The highest BCUT2D eigenvalue weighted by molar-refractivity contribution is 6.11. The van der Waals surface area contributed by atoms with E-state index < -0.39 is 0 Å². The van der Waals surface area contributed by atoms with Crippen LogP contribution in [0.3, 0.4) is 0 Å². The van der Waals surface area contributed by atoms with E-state index in [1.54, 1.807) is 0 Å². The summed E-state index contributed by atoms with van der Waals surface area (Å²) in [6.45, 7) is 1.37. The lowest BCUT2D eigenvalue weighted by atomic mass is 9.89. The van der Waals surface area contributed by atoms with Crippen LogP contribution in [0.5, 0.6) is 0 Å². The first-order valence-corrected chi connectivity index (χ1v) is 3.67. The zero-order valence-corrected chi connectivity index (χ0v) is 6.49. The lowest BCUT2D eigenvalue weighted by Gasteiger charge is -2.12. The van der Waals surface area contributed by atoms with Gasteiger partial charge in [-0.2, -0.15) is 0 Å². The fourth-order valence-electron chi connectivity index (χ4n) is 1.37. The van der Waals surface area contributed by atoms with Crippen molar-refractivity contribution in [2.45, 2.75) is 25.5 Å². The first-order chi connectivity index (χ1) is 5.15. The van der Waals surface area contributed by atoms with Crippen LogP contribution in [0.15, 0.2) is 0 Å². The van der Waals surface area contributed by atoms with Crippen molar-refractivity contribution in [2.24, 2.45) is 5.92 Å². The second-order valence-corrected chi connectivity index (χ2v) is 2.85. The molecule has 2 radical (unpaired) electrons. The molecule has 1 fully saturated rings. The smallest absolute Gasteiger partial charge is 0.135 e.